The standard InChI is InChI=1S/C16H18N2OS/c19-16(13-10-20-15-6-2-1-5-12(13)15)18-7-3-4-11-8-17-9-14(11)18/h1-2,5-6,10-11,14,17H,3-4,7-9H2. The molecule has 20 heavy (non-hydrogen) atoms. The zero-order chi connectivity index (χ0) is 13.5. The molecule has 2 aromatic rings. The maximum absolute atomic E-state index is 12.9. The number of carbonyl (C=O) groups excluding carboxylic acids is 1. The average molecular weight is 286 g/mol. The number of likely N-dealkylation sites (tertiary alicyclic amines) is 1. The van der Waals surface area contributed by atoms with Crippen molar-refractivity contribution in [2.75, 3.05) is 19.6 Å². The monoisotopic (exact) mass is 286 g/mol. The van der Waals surface area contributed by atoms with Crippen LogP contribution < -0.4 is 5.32 Å². The highest BCUT2D eigenvalue weighted by atomic mass is 32.1. The van der Waals surface area contributed by atoms with Gasteiger partial charge in [0.1, 0.15) is 0 Å². The summed E-state index contributed by atoms with van der Waals surface area (Å²) in [5.74, 6) is 0.874. The third kappa shape index (κ3) is 1.86. The molecule has 1 aromatic heterocycles. The first-order chi connectivity index (χ1) is 9.84. The molecule has 3 heterocycles. The lowest BCUT2D eigenvalue weighted by Gasteiger charge is -2.37. The van der Waals surface area contributed by atoms with E-state index < -0.39 is 0 Å². The number of piperidine rings is 1. The smallest absolute Gasteiger partial charge is 0.255 e. The van der Waals surface area contributed by atoms with Gasteiger partial charge in [0.15, 0.2) is 0 Å². The second-order valence-corrected chi connectivity index (χ2v) is 6.68. The lowest BCUT2D eigenvalue weighted by molar-refractivity contribution is 0.0577. The number of fused-ring (bicyclic) bond motifs is 2. The van der Waals surface area contributed by atoms with E-state index in [1.807, 2.05) is 17.5 Å². The van der Waals surface area contributed by atoms with E-state index in [4.69, 9.17) is 0 Å². The summed E-state index contributed by atoms with van der Waals surface area (Å²) in [5.41, 5.74) is 0.887. The Kier molecular flexibility index (Phi) is 3.00. The summed E-state index contributed by atoms with van der Waals surface area (Å²) < 4.78 is 1.20. The summed E-state index contributed by atoms with van der Waals surface area (Å²) in [6.45, 7) is 2.93. The summed E-state index contributed by atoms with van der Waals surface area (Å²) >= 11 is 1.67. The Labute approximate surface area is 122 Å². The van der Waals surface area contributed by atoms with E-state index in [-0.39, 0.29) is 5.91 Å². The Morgan fingerprint density at radius 2 is 2.20 bits per heavy atom. The van der Waals surface area contributed by atoms with Crippen molar-refractivity contribution < 1.29 is 4.79 Å². The Morgan fingerprint density at radius 1 is 1.30 bits per heavy atom. The van der Waals surface area contributed by atoms with Crippen LogP contribution in [0.15, 0.2) is 29.6 Å². The summed E-state index contributed by atoms with van der Waals surface area (Å²) in [7, 11) is 0. The molecule has 1 N–H and O–H groups in total. The molecule has 1 amide bonds. The summed E-state index contributed by atoms with van der Waals surface area (Å²) in [4.78, 5) is 15.0. The lowest BCUT2D eigenvalue weighted by Crippen LogP contribution is -2.48. The molecule has 2 aliphatic rings. The largest absolute Gasteiger partial charge is 0.334 e. The normalized spacial score (nSPS) is 25.9. The zero-order valence-corrected chi connectivity index (χ0v) is 12.2. The first-order valence-electron chi connectivity index (χ1n) is 7.32. The Morgan fingerprint density at radius 3 is 3.15 bits per heavy atom. The van der Waals surface area contributed by atoms with Crippen LogP contribution in [0.4, 0.5) is 0 Å². The summed E-state index contributed by atoms with van der Waals surface area (Å²) in [6.07, 6.45) is 2.39. The van der Waals surface area contributed by atoms with Gasteiger partial charge in [-0.15, -0.1) is 11.3 Å². The maximum atomic E-state index is 12.9. The molecule has 2 aliphatic heterocycles. The third-order valence-electron chi connectivity index (χ3n) is 4.65. The van der Waals surface area contributed by atoms with Crippen LogP contribution in [0.3, 0.4) is 0 Å². The molecule has 0 radical (unpaired) electrons. The number of hydrogen-bond donors (Lipinski definition) is 1. The topological polar surface area (TPSA) is 32.3 Å². The molecule has 2 fully saturated rings. The van der Waals surface area contributed by atoms with Gasteiger partial charge in [-0.2, -0.15) is 0 Å². The number of benzene rings is 1. The van der Waals surface area contributed by atoms with Crippen molar-refractivity contribution in [2.45, 2.75) is 18.9 Å². The molecule has 2 saturated heterocycles. The van der Waals surface area contributed by atoms with Crippen LogP contribution in [0.25, 0.3) is 10.1 Å². The highest BCUT2D eigenvalue weighted by Crippen LogP contribution is 2.31. The summed E-state index contributed by atoms with van der Waals surface area (Å²) in [5, 5.41) is 6.57. The van der Waals surface area contributed by atoms with E-state index in [0.29, 0.717) is 12.0 Å². The molecule has 0 aliphatic carbocycles. The van der Waals surface area contributed by atoms with E-state index in [0.717, 1.165) is 37.0 Å². The van der Waals surface area contributed by atoms with Crippen molar-refractivity contribution in [3.63, 3.8) is 0 Å². The predicted molar refractivity (Wildman–Crippen MR) is 82.2 cm³/mol. The quantitative estimate of drug-likeness (QED) is 0.874. The van der Waals surface area contributed by atoms with Crippen molar-refractivity contribution in [3.05, 3.63) is 35.2 Å². The van der Waals surface area contributed by atoms with Gasteiger partial charge < -0.3 is 10.2 Å². The van der Waals surface area contributed by atoms with Gasteiger partial charge in [0, 0.05) is 41.1 Å². The van der Waals surface area contributed by atoms with Crippen LogP contribution in [-0.2, 0) is 0 Å². The number of nitrogens with one attached hydrogen (secondary N) is 1. The Hall–Kier alpha value is -1.39. The molecule has 4 heteroatoms. The zero-order valence-electron chi connectivity index (χ0n) is 11.3. The average Bonchev–Trinajstić information content (AvgIpc) is 3.12. The third-order valence-corrected chi connectivity index (χ3v) is 5.61. The van der Waals surface area contributed by atoms with Gasteiger partial charge in [-0.05, 0) is 24.8 Å². The highest BCUT2D eigenvalue weighted by Gasteiger charge is 2.37. The first-order valence-corrected chi connectivity index (χ1v) is 8.20. The minimum absolute atomic E-state index is 0.223. The minimum Gasteiger partial charge on any atom is -0.334 e. The SMILES string of the molecule is O=C(c1csc2ccccc12)N1CCCC2CNCC21. The van der Waals surface area contributed by atoms with Crippen LogP contribution in [0, 0.1) is 5.92 Å². The number of amides is 1. The van der Waals surface area contributed by atoms with Gasteiger partial charge in [-0.1, -0.05) is 18.2 Å². The molecule has 2 unspecified atom stereocenters. The van der Waals surface area contributed by atoms with Crippen LogP contribution in [0.5, 0.6) is 0 Å². The fourth-order valence-electron chi connectivity index (χ4n) is 3.62. The molecule has 0 spiro atoms. The number of carbonyl (C=O) groups is 1. The fourth-order valence-corrected chi connectivity index (χ4v) is 4.55. The van der Waals surface area contributed by atoms with Crippen molar-refractivity contribution in [1.82, 2.24) is 10.2 Å². The van der Waals surface area contributed by atoms with Gasteiger partial charge in [-0.3, -0.25) is 4.79 Å². The Balaban J connectivity index is 1.69. The van der Waals surface area contributed by atoms with Crippen LogP contribution in [-0.4, -0.2) is 36.5 Å². The molecular formula is C16H18N2OS. The van der Waals surface area contributed by atoms with E-state index in [9.17, 15) is 4.79 Å². The summed E-state index contributed by atoms with van der Waals surface area (Å²) in [6, 6.07) is 8.60. The van der Waals surface area contributed by atoms with E-state index >= 15 is 0 Å². The molecule has 3 nitrogen and oxygen atoms in total. The molecule has 104 valence electrons. The second-order valence-electron chi connectivity index (χ2n) is 5.77. The van der Waals surface area contributed by atoms with E-state index in [2.05, 4.69) is 22.3 Å². The number of hydrogen-bond acceptors (Lipinski definition) is 3. The maximum Gasteiger partial charge on any atom is 0.255 e. The number of nitrogens with zero attached hydrogens (tertiary/aromatic N) is 1. The van der Waals surface area contributed by atoms with E-state index in [1.165, 1.54) is 11.1 Å². The molecule has 0 saturated carbocycles. The van der Waals surface area contributed by atoms with Crippen LogP contribution in [0.1, 0.15) is 23.2 Å². The van der Waals surface area contributed by atoms with Crippen LogP contribution in [0.2, 0.25) is 0 Å². The number of thiophene rings is 1. The predicted octanol–water partition coefficient (Wildman–Crippen LogP) is 2.73. The van der Waals surface area contributed by atoms with Crippen molar-refractivity contribution in [1.29, 1.82) is 0 Å². The molecule has 2 atom stereocenters. The van der Waals surface area contributed by atoms with E-state index in [1.54, 1.807) is 11.3 Å². The minimum atomic E-state index is 0.223. The second kappa shape index (κ2) is 4.86. The highest BCUT2D eigenvalue weighted by molar-refractivity contribution is 7.17. The first kappa shape index (κ1) is 12.4. The van der Waals surface area contributed by atoms with Gasteiger partial charge in [-0.25, -0.2) is 0 Å². The Bertz CT molecular complexity index is 651. The fraction of sp³-hybridized carbons (Fsp3) is 0.438. The molecule has 4 rings (SSSR count). The van der Waals surface area contributed by atoms with Crippen molar-refractivity contribution in [2.24, 2.45) is 5.92 Å². The lowest BCUT2D eigenvalue weighted by atomic mass is 9.91. The molecular weight excluding hydrogens is 268 g/mol. The molecule has 0 bridgehead atoms. The number of rotatable bonds is 1. The van der Waals surface area contributed by atoms with Gasteiger partial charge in [0.25, 0.3) is 5.91 Å². The van der Waals surface area contributed by atoms with Crippen molar-refractivity contribution >= 4 is 27.3 Å². The van der Waals surface area contributed by atoms with Gasteiger partial charge in [0.05, 0.1) is 5.56 Å². The van der Waals surface area contributed by atoms with Gasteiger partial charge >= 0.3 is 0 Å². The van der Waals surface area contributed by atoms with Crippen molar-refractivity contribution in [3.8, 4) is 0 Å². The van der Waals surface area contributed by atoms with Crippen LogP contribution >= 0.6 is 11.3 Å². The molecule has 1 aromatic carbocycles. The van der Waals surface area contributed by atoms with Gasteiger partial charge in [0.2, 0.25) is 0 Å².